The van der Waals surface area contributed by atoms with Crippen LogP contribution in [0, 0.1) is 5.82 Å². The summed E-state index contributed by atoms with van der Waals surface area (Å²) >= 11 is 0. The van der Waals surface area contributed by atoms with E-state index in [1.54, 1.807) is 6.07 Å². The van der Waals surface area contributed by atoms with Crippen LogP contribution in [-0.2, 0) is 0 Å². The minimum Gasteiger partial charge on any atom is -0.478 e. The molecule has 0 radical (unpaired) electrons. The van der Waals surface area contributed by atoms with E-state index >= 15 is 0 Å². The number of carbonyl (C=O) groups is 2. The number of carboxylic acids is 1. The molecular formula is C13H8FNO3. The highest BCUT2D eigenvalue weighted by Crippen LogP contribution is 2.16. The van der Waals surface area contributed by atoms with Gasteiger partial charge in [-0.15, -0.1) is 0 Å². The fourth-order valence-electron chi connectivity index (χ4n) is 1.54. The van der Waals surface area contributed by atoms with Gasteiger partial charge in [0, 0.05) is 23.5 Å². The molecule has 18 heavy (non-hydrogen) atoms. The van der Waals surface area contributed by atoms with Gasteiger partial charge in [0.05, 0.1) is 5.56 Å². The van der Waals surface area contributed by atoms with E-state index in [9.17, 15) is 14.0 Å². The molecule has 0 fully saturated rings. The number of rotatable bonds is 3. The van der Waals surface area contributed by atoms with Crippen LogP contribution in [0.25, 0.3) is 0 Å². The van der Waals surface area contributed by atoms with E-state index in [-0.39, 0.29) is 16.7 Å². The van der Waals surface area contributed by atoms with Gasteiger partial charge in [-0.1, -0.05) is 0 Å². The summed E-state index contributed by atoms with van der Waals surface area (Å²) in [6.07, 6.45) is 2.79. The molecule has 0 unspecified atom stereocenters. The number of aromatic nitrogens is 1. The van der Waals surface area contributed by atoms with E-state index in [0.29, 0.717) is 0 Å². The zero-order valence-electron chi connectivity index (χ0n) is 9.13. The number of benzene rings is 1. The van der Waals surface area contributed by atoms with E-state index in [4.69, 9.17) is 5.11 Å². The first-order valence-electron chi connectivity index (χ1n) is 5.07. The summed E-state index contributed by atoms with van der Waals surface area (Å²) in [5, 5.41) is 8.96. The van der Waals surface area contributed by atoms with E-state index < -0.39 is 17.6 Å². The maximum atomic E-state index is 13.1. The van der Waals surface area contributed by atoms with Gasteiger partial charge in [-0.25, -0.2) is 9.18 Å². The Balaban J connectivity index is 2.54. The molecule has 4 nitrogen and oxygen atoms in total. The second-order valence-corrected chi connectivity index (χ2v) is 3.57. The van der Waals surface area contributed by atoms with Crippen molar-refractivity contribution in [1.82, 2.24) is 4.98 Å². The molecule has 0 aliphatic heterocycles. The molecule has 2 rings (SSSR count). The number of ketones is 1. The number of pyridine rings is 1. The largest absolute Gasteiger partial charge is 0.478 e. The van der Waals surface area contributed by atoms with Crippen molar-refractivity contribution in [2.75, 3.05) is 0 Å². The van der Waals surface area contributed by atoms with Crippen molar-refractivity contribution in [1.29, 1.82) is 0 Å². The fourth-order valence-corrected chi connectivity index (χ4v) is 1.54. The lowest BCUT2D eigenvalue weighted by Crippen LogP contribution is -2.10. The monoisotopic (exact) mass is 245 g/mol. The third kappa shape index (κ3) is 2.24. The topological polar surface area (TPSA) is 67.3 Å². The van der Waals surface area contributed by atoms with Crippen LogP contribution in [0.1, 0.15) is 26.3 Å². The minimum absolute atomic E-state index is 0.185. The molecular weight excluding hydrogens is 237 g/mol. The average molecular weight is 245 g/mol. The Morgan fingerprint density at radius 2 is 1.94 bits per heavy atom. The lowest BCUT2D eigenvalue weighted by Gasteiger charge is -2.05. The van der Waals surface area contributed by atoms with Gasteiger partial charge < -0.3 is 5.11 Å². The van der Waals surface area contributed by atoms with Gasteiger partial charge in [-0.2, -0.15) is 0 Å². The zero-order valence-corrected chi connectivity index (χ0v) is 9.13. The van der Waals surface area contributed by atoms with Gasteiger partial charge in [0.15, 0.2) is 5.78 Å². The molecule has 0 aliphatic carbocycles. The summed E-state index contributed by atoms with van der Waals surface area (Å²) in [5.74, 6) is -2.51. The molecule has 1 aromatic carbocycles. The number of hydrogen-bond donors (Lipinski definition) is 1. The Bertz CT molecular complexity index is 611. The smallest absolute Gasteiger partial charge is 0.336 e. The highest BCUT2D eigenvalue weighted by molar-refractivity contribution is 6.14. The fraction of sp³-hybridized carbons (Fsp3) is 0. The second kappa shape index (κ2) is 4.75. The zero-order chi connectivity index (χ0) is 13.1. The molecule has 1 N–H and O–H groups in total. The van der Waals surface area contributed by atoms with Crippen LogP contribution in [0.5, 0.6) is 0 Å². The van der Waals surface area contributed by atoms with Gasteiger partial charge in [0.1, 0.15) is 5.82 Å². The van der Waals surface area contributed by atoms with Crippen LogP contribution in [-0.4, -0.2) is 21.8 Å². The Hall–Kier alpha value is -2.56. The molecule has 5 heteroatoms. The third-order valence-corrected chi connectivity index (χ3v) is 2.38. The van der Waals surface area contributed by atoms with Crippen LogP contribution in [0.4, 0.5) is 4.39 Å². The van der Waals surface area contributed by atoms with Crippen molar-refractivity contribution in [2.45, 2.75) is 0 Å². The summed E-state index contributed by atoms with van der Waals surface area (Å²) in [6.45, 7) is 0. The van der Waals surface area contributed by atoms with Crippen LogP contribution in [0.3, 0.4) is 0 Å². The molecule has 0 amide bonds. The molecule has 0 atom stereocenters. The van der Waals surface area contributed by atoms with Crippen molar-refractivity contribution >= 4 is 11.8 Å². The first-order chi connectivity index (χ1) is 8.59. The van der Waals surface area contributed by atoms with Crippen molar-refractivity contribution in [3.05, 3.63) is 65.2 Å². The standard InChI is InChI=1S/C13H8FNO3/c14-9-3-4-10(13(17)18)11(6-9)12(16)8-2-1-5-15-7-8/h1-7H,(H,17,18). The van der Waals surface area contributed by atoms with Gasteiger partial charge in [0.2, 0.25) is 0 Å². The van der Waals surface area contributed by atoms with Crippen molar-refractivity contribution < 1.29 is 19.1 Å². The number of aromatic carboxylic acids is 1. The summed E-state index contributed by atoms with van der Waals surface area (Å²) in [7, 11) is 0. The molecule has 2 aromatic rings. The number of carbonyl (C=O) groups excluding carboxylic acids is 1. The lowest BCUT2D eigenvalue weighted by atomic mass is 9.99. The highest BCUT2D eigenvalue weighted by atomic mass is 19.1. The molecule has 0 aliphatic rings. The SMILES string of the molecule is O=C(O)c1ccc(F)cc1C(=O)c1cccnc1. The second-order valence-electron chi connectivity index (χ2n) is 3.57. The van der Waals surface area contributed by atoms with Crippen molar-refractivity contribution in [2.24, 2.45) is 0 Å². The maximum Gasteiger partial charge on any atom is 0.336 e. The predicted molar refractivity (Wildman–Crippen MR) is 61.0 cm³/mol. The van der Waals surface area contributed by atoms with E-state index in [1.165, 1.54) is 18.5 Å². The summed E-state index contributed by atoms with van der Waals surface area (Å²) in [5.41, 5.74) is -0.202. The summed E-state index contributed by atoms with van der Waals surface area (Å²) < 4.78 is 13.1. The predicted octanol–water partition coefficient (Wildman–Crippen LogP) is 2.15. The lowest BCUT2D eigenvalue weighted by molar-refractivity contribution is 0.0692. The van der Waals surface area contributed by atoms with Crippen LogP contribution >= 0.6 is 0 Å². The molecule has 0 saturated carbocycles. The highest BCUT2D eigenvalue weighted by Gasteiger charge is 2.18. The van der Waals surface area contributed by atoms with Gasteiger partial charge in [-0.05, 0) is 30.3 Å². The third-order valence-electron chi connectivity index (χ3n) is 2.38. The van der Waals surface area contributed by atoms with E-state index in [0.717, 1.165) is 18.2 Å². The van der Waals surface area contributed by atoms with Gasteiger partial charge >= 0.3 is 5.97 Å². The Labute approximate surface area is 102 Å². The minimum atomic E-state index is -1.28. The molecule has 1 heterocycles. The average Bonchev–Trinajstić information content (AvgIpc) is 2.38. The maximum absolute atomic E-state index is 13.1. The first kappa shape index (κ1) is 11.9. The molecule has 0 saturated heterocycles. The number of carboxylic acid groups (broad SMARTS) is 1. The van der Waals surface area contributed by atoms with Crippen LogP contribution in [0.15, 0.2) is 42.7 Å². The summed E-state index contributed by atoms with van der Waals surface area (Å²) in [6, 6.07) is 6.03. The number of hydrogen-bond acceptors (Lipinski definition) is 3. The summed E-state index contributed by atoms with van der Waals surface area (Å²) in [4.78, 5) is 26.8. The molecule has 0 bridgehead atoms. The Kier molecular flexibility index (Phi) is 3.14. The van der Waals surface area contributed by atoms with E-state index in [1.807, 2.05) is 0 Å². The first-order valence-corrected chi connectivity index (χ1v) is 5.07. The quantitative estimate of drug-likeness (QED) is 0.841. The molecule has 90 valence electrons. The molecule has 1 aromatic heterocycles. The number of halogens is 1. The van der Waals surface area contributed by atoms with Crippen LogP contribution < -0.4 is 0 Å². The van der Waals surface area contributed by atoms with E-state index in [2.05, 4.69) is 4.98 Å². The normalized spacial score (nSPS) is 10.1. The van der Waals surface area contributed by atoms with Gasteiger partial charge in [0.25, 0.3) is 0 Å². The Morgan fingerprint density at radius 1 is 1.17 bits per heavy atom. The Morgan fingerprint density at radius 3 is 2.56 bits per heavy atom. The van der Waals surface area contributed by atoms with Crippen molar-refractivity contribution in [3.63, 3.8) is 0 Å². The van der Waals surface area contributed by atoms with Gasteiger partial charge in [-0.3, -0.25) is 9.78 Å². The van der Waals surface area contributed by atoms with Crippen molar-refractivity contribution in [3.8, 4) is 0 Å². The molecule has 0 spiro atoms. The van der Waals surface area contributed by atoms with Crippen LogP contribution in [0.2, 0.25) is 0 Å². The number of nitrogens with zero attached hydrogens (tertiary/aromatic N) is 1.